The summed E-state index contributed by atoms with van der Waals surface area (Å²) in [6.45, 7) is 10.9. The van der Waals surface area contributed by atoms with Crippen molar-refractivity contribution >= 4 is 27.4 Å². The van der Waals surface area contributed by atoms with Crippen LogP contribution in [0.5, 0.6) is 0 Å². The minimum atomic E-state index is -0.237. The lowest BCUT2D eigenvalue weighted by Gasteiger charge is -2.26. The van der Waals surface area contributed by atoms with Crippen LogP contribution in [0.3, 0.4) is 0 Å². The van der Waals surface area contributed by atoms with E-state index >= 15 is 0 Å². The SMILES string of the molecule is Cc1cc(C)cc(P(Br)C(C)(C)C)c1. The van der Waals surface area contributed by atoms with Crippen molar-refractivity contribution < 1.29 is 0 Å². The average Bonchev–Trinajstić information content (AvgIpc) is 1.99. The molecule has 0 aromatic heterocycles. The largest absolute Gasteiger partial charge is 0.0563 e. The van der Waals surface area contributed by atoms with Crippen molar-refractivity contribution in [2.75, 3.05) is 0 Å². The maximum Gasteiger partial charge on any atom is 0.00101 e. The van der Waals surface area contributed by atoms with Crippen LogP contribution in [0.25, 0.3) is 0 Å². The third-order valence-corrected chi connectivity index (χ3v) is 8.33. The summed E-state index contributed by atoms with van der Waals surface area (Å²) in [4.78, 5) is 0. The summed E-state index contributed by atoms with van der Waals surface area (Å²) in [5.41, 5.74) is 2.72. The Morgan fingerprint density at radius 1 is 1.00 bits per heavy atom. The van der Waals surface area contributed by atoms with E-state index in [4.69, 9.17) is 0 Å². The van der Waals surface area contributed by atoms with Crippen molar-refractivity contribution in [3.05, 3.63) is 29.3 Å². The second-order valence-electron chi connectivity index (χ2n) is 4.80. The van der Waals surface area contributed by atoms with Crippen molar-refractivity contribution in [3.8, 4) is 0 Å². The van der Waals surface area contributed by atoms with Crippen LogP contribution in [-0.4, -0.2) is 5.16 Å². The van der Waals surface area contributed by atoms with Crippen LogP contribution in [0.4, 0.5) is 0 Å². The molecular weight excluding hydrogens is 255 g/mol. The Morgan fingerprint density at radius 2 is 1.43 bits per heavy atom. The van der Waals surface area contributed by atoms with Crippen molar-refractivity contribution in [2.24, 2.45) is 0 Å². The second-order valence-corrected chi connectivity index (χ2v) is 9.35. The Balaban J connectivity index is 3.07. The summed E-state index contributed by atoms with van der Waals surface area (Å²) >= 11 is 3.84. The van der Waals surface area contributed by atoms with E-state index in [1.807, 2.05) is 0 Å². The molecule has 2 heteroatoms. The monoisotopic (exact) mass is 272 g/mol. The Kier molecular flexibility index (Phi) is 3.77. The number of halogens is 1. The van der Waals surface area contributed by atoms with Gasteiger partial charge in [0, 0.05) is 6.62 Å². The topological polar surface area (TPSA) is 0 Å². The zero-order valence-corrected chi connectivity index (χ0v) is 12.0. The van der Waals surface area contributed by atoms with E-state index in [0.717, 1.165) is 0 Å². The number of hydrogen-bond acceptors (Lipinski definition) is 0. The second kappa shape index (κ2) is 4.33. The molecule has 0 spiro atoms. The first-order valence-corrected chi connectivity index (χ1v) is 8.21. The molecule has 0 radical (unpaired) electrons. The summed E-state index contributed by atoms with van der Waals surface area (Å²) in [7, 11) is 0. The highest BCUT2D eigenvalue weighted by molar-refractivity contribution is 9.40. The molecule has 1 aromatic carbocycles. The molecule has 0 amide bonds. The number of rotatable bonds is 1. The van der Waals surface area contributed by atoms with Gasteiger partial charge in [0.15, 0.2) is 0 Å². The molecule has 1 rings (SSSR count). The zero-order chi connectivity index (χ0) is 10.9. The van der Waals surface area contributed by atoms with Crippen LogP contribution in [0.2, 0.25) is 0 Å². The van der Waals surface area contributed by atoms with Crippen LogP contribution < -0.4 is 5.30 Å². The van der Waals surface area contributed by atoms with Gasteiger partial charge in [-0.15, -0.1) is 0 Å². The van der Waals surface area contributed by atoms with Crippen LogP contribution in [-0.2, 0) is 0 Å². The van der Waals surface area contributed by atoms with Gasteiger partial charge < -0.3 is 0 Å². The van der Waals surface area contributed by atoms with Gasteiger partial charge in [-0.2, -0.15) is 0 Å². The molecule has 0 aliphatic heterocycles. The molecule has 0 fully saturated rings. The molecule has 1 atom stereocenters. The van der Waals surface area contributed by atoms with Gasteiger partial charge in [-0.3, -0.25) is 0 Å². The van der Waals surface area contributed by atoms with E-state index in [9.17, 15) is 0 Å². The molecule has 14 heavy (non-hydrogen) atoms. The Bertz CT molecular complexity index is 305. The van der Waals surface area contributed by atoms with Crippen molar-refractivity contribution in [2.45, 2.75) is 39.8 Å². The first-order valence-electron chi connectivity index (χ1n) is 4.85. The molecule has 1 aromatic rings. The first-order chi connectivity index (χ1) is 6.30. The highest BCUT2D eigenvalue weighted by atomic mass is 79.9. The van der Waals surface area contributed by atoms with Gasteiger partial charge in [0.05, 0.1) is 0 Å². The first kappa shape index (κ1) is 12.2. The van der Waals surface area contributed by atoms with E-state index in [0.29, 0.717) is 5.16 Å². The molecule has 78 valence electrons. The molecule has 0 heterocycles. The predicted octanol–water partition coefficient (Wildman–Crippen LogP) is 4.52. The maximum absolute atomic E-state index is 3.84. The lowest BCUT2D eigenvalue weighted by molar-refractivity contribution is 0.797. The fourth-order valence-corrected chi connectivity index (χ4v) is 3.47. The van der Waals surface area contributed by atoms with Crippen molar-refractivity contribution in [1.82, 2.24) is 0 Å². The third-order valence-electron chi connectivity index (χ3n) is 2.02. The van der Waals surface area contributed by atoms with Gasteiger partial charge in [-0.1, -0.05) is 65.6 Å². The van der Waals surface area contributed by atoms with E-state index in [1.165, 1.54) is 16.4 Å². The van der Waals surface area contributed by atoms with Gasteiger partial charge in [-0.25, -0.2) is 0 Å². The van der Waals surface area contributed by atoms with E-state index in [1.54, 1.807) is 0 Å². The highest BCUT2D eigenvalue weighted by Crippen LogP contribution is 2.54. The maximum atomic E-state index is 3.84. The number of benzene rings is 1. The van der Waals surface area contributed by atoms with Gasteiger partial charge in [0.2, 0.25) is 0 Å². The summed E-state index contributed by atoms with van der Waals surface area (Å²) in [5, 5.41) is 1.78. The Morgan fingerprint density at radius 3 is 1.79 bits per heavy atom. The fraction of sp³-hybridized carbons (Fsp3) is 0.500. The predicted molar refractivity (Wildman–Crippen MR) is 71.2 cm³/mol. The van der Waals surface area contributed by atoms with Crippen LogP contribution in [0.1, 0.15) is 31.9 Å². The van der Waals surface area contributed by atoms with Crippen molar-refractivity contribution in [1.29, 1.82) is 0 Å². The minimum absolute atomic E-state index is 0.237. The normalized spacial score (nSPS) is 14.1. The van der Waals surface area contributed by atoms with Gasteiger partial charge in [-0.05, 0) is 24.3 Å². The number of aryl methyl sites for hydroxylation is 2. The molecule has 0 nitrogen and oxygen atoms in total. The zero-order valence-electron chi connectivity index (χ0n) is 9.56. The molecule has 0 bridgehead atoms. The van der Waals surface area contributed by atoms with Gasteiger partial charge >= 0.3 is 0 Å². The van der Waals surface area contributed by atoms with Crippen LogP contribution in [0, 0.1) is 13.8 Å². The molecule has 0 aliphatic carbocycles. The fourth-order valence-electron chi connectivity index (χ4n) is 1.45. The van der Waals surface area contributed by atoms with Gasteiger partial charge in [0.1, 0.15) is 0 Å². The van der Waals surface area contributed by atoms with Crippen LogP contribution >= 0.6 is 22.1 Å². The molecule has 0 N–H and O–H groups in total. The van der Waals surface area contributed by atoms with Crippen molar-refractivity contribution in [3.63, 3.8) is 0 Å². The lowest BCUT2D eigenvalue weighted by Crippen LogP contribution is -2.16. The van der Waals surface area contributed by atoms with E-state index < -0.39 is 0 Å². The van der Waals surface area contributed by atoms with E-state index in [-0.39, 0.29) is 6.62 Å². The molecule has 0 saturated heterocycles. The summed E-state index contributed by atoms with van der Waals surface area (Å²) in [6.07, 6.45) is 0. The van der Waals surface area contributed by atoms with Crippen LogP contribution in [0.15, 0.2) is 18.2 Å². The molecule has 1 unspecified atom stereocenters. The van der Waals surface area contributed by atoms with E-state index in [2.05, 4.69) is 68.3 Å². The minimum Gasteiger partial charge on any atom is -0.0563 e. The standard InChI is InChI=1S/C12H18BrP/c1-9-6-10(2)8-11(7-9)14(13)12(3,4)5/h6-8H,1-5H3. The smallest absolute Gasteiger partial charge is 0.00101 e. The number of hydrogen-bond donors (Lipinski definition) is 0. The third kappa shape index (κ3) is 3.07. The Labute approximate surface area is 96.6 Å². The quantitative estimate of drug-likeness (QED) is 0.660. The average molecular weight is 273 g/mol. The molecule has 0 saturated carbocycles. The summed E-state index contributed by atoms with van der Waals surface area (Å²) in [6, 6.07) is 6.81. The lowest BCUT2D eigenvalue weighted by atomic mass is 10.2. The summed E-state index contributed by atoms with van der Waals surface area (Å²) in [5.74, 6) is 0. The highest BCUT2D eigenvalue weighted by Gasteiger charge is 2.23. The summed E-state index contributed by atoms with van der Waals surface area (Å²) < 4.78 is 0. The van der Waals surface area contributed by atoms with Gasteiger partial charge in [0.25, 0.3) is 0 Å². The Hall–Kier alpha value is 0.130. The molecule has 0 aliphatic rings. The molecular formula is C12H18BrP.